The van der Waals surface area contributed by atoms with Gasteiger partial charge in [-0.25, -0.2) is 9.37 Å². The molecule has 27 heavy (non-hydrogen) atoms. The standard InChI is InChI=1S/C20H22FN3O2S/c21-15-6-2-1-4-13(15)10-16-19(12-8-9-12)24-20(27-16)23-18(26)11-14-5-3-7-17(25)22-14/h1-2,4,6,12,14H,3,5,7-11H2,(H,22,25)(H,23,24,26). The molecule has 2 amide bonds. The van der Waals surface area contributed by atoms with E-state index < -0.39 is 0 Å². The van der Waals surface area contributed by atoms with Gasteiger partial charge in [-0.3, -0.25) is 9.59 Å². The van der Waals surface area contributed by atoms with Crippen LogP contribution in [-0.4, -0.2) is 22.8 Å². The molecule has 1 aliphatic heterocycles. The number of hydrogen-bond acceptors (Lipinski definition) is 4. The number of rotatable bonds is 6. The van der Waals surface area contributed by atoms with E-state index in [0.29, 0.717) is 29.5 Å². The Hall–Kier alpha value is -2.28. The third kappa shape index (κ3) is 4.53. The van der Waals surface area contributed by atoms with E-state index in [-0.39, 0.29) is 30.1 Å². The van der Waals surface area contributed by atoms with Crippen molar-refractivity contribution in [2.75, 3.05) is 5.32 Å². The predicted octanol–water partition coefficient (Wildman–Crippen LogP) is 3.75. The first-order chi connectivity index (χ1) is 13.1. The Labute approximate surface area is 161 Å². The van der Waals surface area contributed by atoms with E-state index in [1.807, 2.05) is 6.07 Å². The summed E-state index contributed by atoms with van der Waals surface area (Å²) in [6, 6.07) is 6.66. The average molecular weight is 387 g/mol. The lowest BCUT2D eigenvalue weighted by molar-refractivity contribution is -0.124. The Morgan fingerprint density at radius 1 is 1.30 bits per heavy atom. The van der Waals surface area contributed by atoms with Gasteiger partial charge in [0.15, 0.2) is 5.13 Å². The molecule has 0 bridgehead atoms. The molecule has 1 saturated heterocycles. The summed E-state index contributed by atoms with van der Waals surface area (Å²) in [4.78, 5) is 29.5. The summed E-state index contributed by atoms with van der Waals surface area (Å²) in [5.74, 6) is 0.0739. The van der Waals surface area contributed by atoms with Crippen LogP contribution in [-0.2, 0) is 16.0 Å². The number of nitrogens with one attached hydrogen (secondary N) is 2. The van der Waals surface area contributed by atoms with Crippen LogP contribution in [0.1, 0.15) is 60.6 Å². The fourth-order valence-corrected chi connectivity index (χ4v) is 4.55. The van der Waals surface area contributed by atoms with Crippen LogP contribution >= 0.6 is 11.3 Å². The van der Waals surface area contributed by atoms with Crippen molar-refractivity contribution in [2.45, 2.75) is 56.9 Å². The van der Waals surface area contributed by atoms with E-state index in [4.69, 9.17) is 0 Å². The van der Waals surface area contributed by atoms with Crippen molar-refractivity contribution in [1.82, 2.24) is 10.3 Å². The SMILES string of the molecule is O=C(CC1CCCC(=O)N1)Nc1nc(C2CC2)c(Cc2ccccc2F)s1. The molecule has 2 heterocycles. The van der Waals surface area contributed by atoms with Gasteiger partial charge in [0.05, 0.1) is 5.69 Å². The number of nitrogens with zero attached hydrogens (tertiary/aromatic N) is 1. The van der Waals surface area contributed by atoms with Crippen LogP contribution in [0.5, 0.6) is 0 Å². The van der Waals surface area contributed by atoms with E-state index >= 15 is 0 Å². The number of benzene rings is 1. The molecule has 1 aromatic carbocycles. The smallest absolute Gasteiger partial charge is 0.228 e. The summed E-state index contributed by atoms with van der Waals surface area (Å²) in [6.07, 6.45) is 5.11. The number of amides is 2. The zero-order chi connectivity index (χ0) is 18.8. The van der Waals surface area contributed by atoms with Gasteiger partial charge < -0.3 is 10.6 Å². The highest BCUT2D eigenvalue weighted by Gasteiger charge is 2.30. The van der Waals surface area contributed by atoms with Gasteiger partial charge in [-0.1, -0.05) is 18.2 Å². The molecule has 2 fully saturated rings. The van der Waals surface area contributed by atoms with Crippen LogP contribution in [0.4, 0.5) is 9.52 Å². The Morgan fingerprint density at radius 2 is 2.11 bits per heavy atom. The van der Waals surface area contributed by atoms with Crippen molar-refractivity contribution in [3.8, 4) is 0 Å². The number of aromatic nitrogens is 1. The second-order valence-electron chi connectivity index (χ2n) is 7.28. The van der Waals surface area contributed by atoms with E-state index in [2.05, 4.69) is 15.6 Å². The quantitative estimate of drug-likeness (QED) is 0.793. The number of carbonyl (C=O) groups is 2. The summed E-state index contributed by atoms with van der Waals surface area (Å²) in [7, 11) is 0. The van der Waals surface area contributed by atoms with Crippen LogP contribution in [0.2, 0.25) is 0 Å². The highest BCUT2D eigenvalue weighted by atomic mass is 32.1. The molecule has 1 atom stereocenters. The highest BCUT2D eigenvalue weighted by molar-refractivity contribution is 7.15. The third-order valence-corrected chi connectivity index (χ3v) is 5.99. The number of piperidine rings is 1. The molecule has 4 rings (SSSR count). The van der Waals surface area contributed by atoms with Crippen LogP contribution in [0.15, 0.2) is 24.3 Å². The highest BCUT2D eigenvalue weighted by Crippen LogP contribution is 2.44. The summed E-state index contributed by atoms with van der Waals surface area (Å²) in [5, 5.41) is 6.29. The first kappa shape index (κ1) is 18.1. The van der Waals surface area contributed by atoms with E-state index in [1.165, 1.54) is 17.4 Å². The Morgan fingerprint density at radius 3 is 2.85 bits per heavy atom. The first-order valence-electron chi connectivity index (χ1n) is 9.40. The third-order valence-electron chi connectivity index (χ3n) is 5.00. The normalized spacial score (nSPS) is 19.6. The second kappa shape index (κ2) is 7.76. The summed E-state index contributed by atoms with van der Waals surface area (Å²) in [5.41, 5.74) is 1.63. The molecule has 7 heteroatoms. The zero-order valence-electron chi connectivity index (χ0n) is 15.0. The Bertz CT molecular complexity index is 863. The van der Waals surface area contributed by atoms with Crippen LogP contribution in [0, 0.1) is 5.82 Å². The maximum atomic E-state index is 14.0. The van der Waals surface area contributed by atoms with Crippen molar-refractivity contribution in [1.29, 1.82) is 0 Å². The molecular weight excluding hydrogens is 365 g/mol. The van der Waals surface area contributed by atoms with Crippen LogP contribution in [0.25, 0.3) is 0 Å². The van der Waals surface area contributed by atoms with Crippen molar-refractivity contribution < 1.29 is 14.0 Å². The molecule has 1 saturated carbocycles. The minimum Gasteiger partial charge on any atom is -0.353 e. The largest absolute Gasteiger partial charge is 0.353 e. The topological polar surface area (TPSA) is 71.1 Å². The van der Waals surface area contributed by atoms with Crippen molar-refractivity contribution in [3.05, 3.63) is 46.2 Å². The van der Waals surface area contributed by atoms with E-state index in [0.717, 1.165) is 36.3 Å². The van der Waals surface area contributed by atoms with E-state index in [9.17, 15) is 14.0 Å². The second-order valence-corrected chi connectivity index (χ2v) is 8.36. The van der Waals surface area contributed by atoms with Gasteiger partial charge >= 0.3 is 0 Å². The molecule has 2 N–H and O–H groups in total. The Balaban J connectivity index is 1.44. The van der Waals surface area contributed by atoms with Crippen molar-refractivity contribution in [2.24, 2.45) is 0 Å². The summed E-state index contributed by atoms with van der Waals surface area (Å²) >= 11 is 1.43. The monoisotopic (exact) mass is 387 g/mol. The van der Waals surface area contributed by atoms with Gasteiger partial charge in [-0.2, -0.15) is 0 Å². The zero-order valence-corrected chi connectivity index (χ0v) is 15.8. The Kier molecular flexibility index (Phi) is 5.20. The molecule has 2 aliphatic rings. The number of thiazole rings is 1. The fourth-order valence-electron chi connectivity index (χ4n) is 3.46. The van der Waals surface area contributed by atoms with E-state index in [1.54, 1.807) is 12.1 Å². The van der Waals surface area contributed by atoms with Gasteiger partial charge in [-0.05, 0) is 37.3 Å². The maximum absolute atomic E-state index is 14.0. The van der Waals surface area contributed by atoms with Gasteiger partial charge in [0.25, 0.3) is 0 Å². The van der Waals surface area contributed by atoms with Crippen molar-refractivity contribution >= 4 is 28.3 Å². The summed E-state index contributed by atoms with van der Waals surface area (Å²) in [6.45, 7) is 0. The molecule has 0 spiro atoms. The number of halogens is 1. The van der Waals surface area contributed by atoms with Gasteiger partial charge in [0, 0.05) is 36.1 Å². The number of hydrogen-bond donors (Lipinski definition) is 2. The molecule has 1 unspecified atom stereocenters. The first-order valence-corrected chi connectivity index (χ1v) is 10.2. The molecule has 0 radical (unpaired) electrons. The molecule has 142 valence electrons. The molecule has 5 nitrogen and oxygen atoms in total. The molecule has 1 aliphatic carbocycles. The predicted molar refractivity (Wildman–Crippen MR) is 102 cm³/mol. The number of anilines is 1. The lowest BCUT2D eigenvalue weighted by Gasteiger charge is -2.22. The average Bonchev–Trinajstić information content (AvgIpc) is 3.39. The van der Waals surface area contributed by atoms with Gasteiger partial charge in [0.2, 0.25) is 11.8 Å². The minimum atomic E-state index is -0.216. The summed E-state index contributed by atoms with van der Waals surface area (Å²) < 4.78 is 14.0. The molecule has 2 aromatic rings. The minimum absolute atomic E-state index is 0.0106. The fraction of sp³-hybridized carbons (Fsp3) is 0.450. The van der Waals surface area contributed by atoms with Gasteiger partial charge in [-0.15, -0.1) is 11.3 Å². The molecular formula is C20H22FN3O2S. The lowest BCUT2D eigenvalue weighted by atomic mass is 10.0. The molecule has 1 aromatic heterocycles. The van der Waals surface area contributed by atoms with Gasteiger partial charge in [0.1, 0.15) is 5.82 Å². The number of carbonyl (C=O) groups excluding carboxylic acids is 2. The lowest BCUT2D eigenvalue weighted by Crippen LogP contribution is -2.40. The van der Waals surface area contributed by atoms with Crippen molar-refractivity contribution in [3.63, 3.8) is 0 Å². The maximum Gasteiger partial charge on any atom is 0.228 e. The van der Waals surface area contributed by atoms with Crippen LogP contribution in [0.3, 0.4) is 0 Å². The van der Waals surface area contributed by atoms with Crippen LogP contribution < -0.4 is 10.6 Å².